The first-order valence-corrected chi connectivity index (χ1v) is 9.67. The molecule has 0 fully saturated rings. The van der Waals surface area contributed by atoms with Gasteiger partial charge in [-0.25, -0.2) is 13.8 Å². The van der Waals surface area contributed by atoms with Crippen molar-refractivity contribution in [3.8, 4) is 11.3 Å². The Morgan fingerprint density at radius 2 is 1.77 bits per heavy atom. The number of rotatable bonds is 7. The molecule has 3 rings (SSSR count). The first-order chi connectivity index (χ1) is 14.8. The summed E-state index contributed by atoms with van der Waals surface area (Å²) in [5.41, 5.74) is 0.503. The number of carbonyl (C=O) groups excluding carboxylic acids is 2. The zero-order valence-electron chi connectivity index (χ0n) is 17.0. The van der Waals surface area contributed by atoms with Crippen LogP contribution < -0.4 is 4.90 Å². The summed E-state index contributed by atoms with van der Waals surface area (Å²) in [5, 5.41) is 0. The number of Topliss-reactive ketones (excluding diaryl/α,β-unsaturated/α-hetero) is 1. The molecule has 3 aromatic rings. The monoisotopic (exact) mass is 427 g/mol. The van der Waals surface area contributed by atoms with Crippen LogP contribution in [0.25, 0.3) is 11.3 Å². The Morgan fingerprint density at radius 1 is 1.00 bits per heavy atom. The summed E-state index contributed by atoms with van der Waals surface area (Å²) >= 11 is 0. The van der Waals surface area contributed by atoms with Gasteiger partial charge in [-0.15, -0.1) is 0 Å². The number of halogens is 3. The molecule has 2 heterocycles. The van der Waals surface area contributed by atoms with Crippen molar-refractivity contribution in [2.75, 3.05) is 11.9 Å². The van der Waals surface area contributed by atoms with Gasteiger partial charge >= 0.3 is 0 Å². The Kier molecular flexibility index (Phi) is 6.79. The second-order valence-electron chi connectivity index (χ2n) is 6.88. The van der Waals surface area contributed by atoms with Crippen molar-refractivity contribution < 1.29 is 22.8 Å². The van der Waals surface area contributed by atoms with Gasteiger partial charge in [-0.1, -0.05) is 13.0 Å². The van der Waals surface area contributed by atoms with Gasteiger partial charge < -0.3 is 4.90 Å². The maximum atomic E-state index is 14.6. The number of carbonyl (C=O) groups is 2. The molecule has 1 aromatic carbocycles. The Bertz CT molecular complexity index is 1120. The summed E-state index contributed by atoms with van der Waals surface area (Å²) in [5.74, 6) is -3.51. The van der Waals surface area contributed by atoms with E-state index in [4.69, 9.17) is 0 Å². The smallest absolute Gasteiger partial charge is 0.226 e. The van der Waals surface area contributed by atoms with Crippen molar-refractivity contribution in [2.24, 2.45) is 0 Å². The molecule has 2 aromatic heterocycles. The van der Waals surface area contributed by atoms with E-state index in [0.29, 0.717) is 5.56 Å². The molecule has 0 radical (unpaired) electrons. The van der Waals surface area contributed by atoms with Crippen molar-refractivity contribution in [1.29, 1.82) is 0 Å². The number of aryl methyl sites for hydroxylation is 1. The van der Waals surface area contributed by atoms with E-state index in [1.807, 2.05) is 0 Å². The number of amides is 1. The Labute approximate surface area is 177 Å². The average Bonchev–Trinajstić information content (AvgIpc) is 2.79. The molecule has 0 aliphatic heterocycles. The first kappa shape index (κ1) is 22.1. The molecule has 1 amide bonds. The van der Waals surface area contributed by atoms with E-state index in [9.17, 15) is 22.8 Å². The molecular weight excluding hydrogens is 407 g/mol. The summed E-state index contributed by atoms with van der Waals surface area (Å²) in [6.45, 7) is 1.63. The summed E-state index contributed by atoms with van der Waals surface area (Å²) < 4.78 is 42.7. The zero-order chi connectivity index (χ0) is 22.5. The summed E-state index contributed by atoms with van der Waals surface area (Å²) in [6, 6.07) is 8.67. The second-order valence-corrected chi connectivity index (χ2v) is 6.88. The summed E-state index contributed by atoms with van der Waals surface area (Å²) in [4.78, 5) is 32.8. The normalized spacial score (nSPS) is 10.7. The lowest BCUT2D eigenvalue weighted by atomic mass is 10.0. The maximum absolute atomic E-state index is 14.6. The van der Waals surface area contributed by atoms with Gasteiger partial charge in [0.1, 0.15) is 0 Å². The Balaban J connectivity index is 1.76. The molecule has 0 N–H and O–H groups in total. The molecule has 0 aliphatic rings. The molecule has 0 spiro atoms. The molecule has 8 heteroatoms. The van der Waals surface area contributed by atoms with Gasteiger partial charge in [0.05, 0.1) is 11.4 Å². The highest BCUT2D eigenvalue weighted by atomic mass is 19.2. The molecule has 160 valence electrons. The van der Waals surface area contributed by atoms with Gasteiger partial charge in [0.25, 0.3) is 0 Å². The van der Waals surface area contributed by atoms with Gasteiger partial charge in [0, 0.05) is 49.0 Å². The molecule has 0 saturated carbocycles. The lowest BCUT2D eigenvalue weighted by molar-refractivity contribution is -0.118. The number of benzene rings is 1. The maximum Gasteiger partial charge on any atom is 0.226 e. The minimum atomic E-state index is -1.15. The zero-order valence-corrected chi connectivity index (χ0v) is 17.0. The van der Waals surface area contributed by atoms with Gasteiger partial charge in [-0.2, -0.15) is 4.39 Å². The third kappa shape index (κ3) is 4.79. The van der Waals surface area contributed by atoms with Gasteiger partial charge in [-0.05, 0) is 36.8 Å². The molecule has 0 aliphatic carbocycles. The van der Waals surface area contributed by atoms with Crippen LogP contribution in [0.5, 0.6) is 0 Å². The standard InChI is InChI=1S/C23H20F3N3O2/c1-3-20(31)29(2)18-10-8-16(21(24)22(18)25)17-9-6-15(13-28-17)19(30)11-7-14-5-4-12-27-23(14)26/h4-6,8-10,12-13H,3,7,11H2,1-2H3. The number of hydrogen-bond donors (Lipinski definition) is 0. The molecular formula is C23H20F3N3O2. The fourth-order valence-corrected chi connectivity index (χ4v) is 3.08. The molecule has 0 bridgehead atoms. The van der Waals surface area contributed by atoms with E-state index < -0.39 is 17.6 Å². The fourth-order valence-electron chi connectivity index (χ4n) is 3.08. The third-order valence-electron chi connectivity index (χ3n) is 4.92. The lowest BCUT2D eigenvalue weighted by Crippen LogP contribution is -2.26. The lowest BCUT2D eigenvalue weighted by Gasteiger charge is -2.18. The van der Waals surface area contributed by atoms with E-state index in [1.165, 1.54) is 43.7 Å². The third-order valence-corrected chi connectivity index (χ3v) is 4.92. The largest absolute Gasteiger partial charge is 0.313 e. The van der Waals surface area contributed by atoms with Gasteiger partial charge in [0.15, 0.2) is 17.4 Å². The number of nitrogens with zero attached hydrogens (tertiary/aromatic N) is 3. The highest BCUT2D eigenvalue weighted by Gasteiger charge is 2.20. The minimum absolute atomic E-state index is 0.0547. The average molecular weight is 427 g/mol. The fraction of sp³-hybridized carbons (Fsp3) is 0.217. The number of aromatic nitrogens is 2. The van der Waals surface area contributed by atoms with Crippen molar-refractivity contribution in [1.82, 2.24) is 9.97 Å². The van der Waals surface area contributed by atoms with E-state index in [-0.39, 0.29) is 53.5 Å². The molecule has 0 atom stereocenters. The van der Waals surface area contributed by atoms with Gasteiger partial charge in [0.2, 0.25) is 11.9 Å². The Hall–Kier alpha value is -3.55. The SMILES string of the molecule is CCC(=O)N(C)c1ccc(-c2ccc(C(=O)CCc3cccnc3F)cn2)c(F)c1F. The van der Waals surface area contributed by atoms with E-state index in [2.05, 4.69) is 9.97 Å². The van der Waals surface area contributed by atoms with Crippen molar-refractivity contribution in [3.63, 3.8) is 0 Å². The Morgan fingerprint density at radius 3 is 2.42 bits per heavy atom. The van der Waals surface area contributed by atoms with Crippen LogP contribution in [0, 0.1) is 17.6 Å². The van der Waals surface area contributed by atoms with Crippen LogP contribution in [0.4, 0.5) is 18.9 Å². The quantitative estimate of drug-likeness (QED) is 0.403. The first-order valence-electron chi connectivity index (χ1n) is 9.67. The van der Waals surface area contributed by atoms with Crippen LogP contribution in [0.3, 0.4) is 0 Å². The van der Waals surface area contributed by atoms with Crippen LogP contribution >= 0.6 is 0 Å². The predicted octanol–water partition coefficient (Wildman–Crippen LogP) is 4.75. The van der Waals surface area contributed by atoms with E-state index in [1.54, 1.807) is 19.1 Å². The summed E-state index contributed by atoms with van der Waals surface area (Å²) in [7, 11) is 1.37. The van der Waals surface area contributed by atoms with E-state index >= 15 is 0 Å². The van der Waals surface area contributed by atoms with Crippen LogP contribution in [-0.2, 0) is 11.2 Å². The van der Waals surface area contributed by atoms with Crippen molar-refractivity contribution in [2.45, 2.75) is 26.2 Å². The number of hydrogen-bond acceptors (Lipinski definition) is 4. The van der Waals surface area contributed by atoms with Crippen LogP contribution in [-0.4, -0.2) is 28.7 Å². The molecule has 5 nitrogen and oxygen atoms in total. The highest BCUT2D eigenvalue weighted by molar-refractivity contribution is 5.96. The van der Waals surface area contributed by atoms with Crippen molar-refractivity contribution >= 4 is 17.4 Å². The topological polar surface area (TPSA) is 63.2 Å². The summed E-state index contributed by atoms with van der Waals surface area (Å²) in [6.07, 6.45) is 3.00. The van der Waals surface area contributed by atoms with Crippen LogP contribution in [0.2, 0.25) is 0 Å². The second kappa shape index (κ2) is 9.51. The molecule has 0 unspecified atom stereocenters. The highest BCUT2D eigenvalue weighted by Crippen LogP contribution is 2.29. The van der Waals surface area contributed by atoms with Gasteiger partial charge in [-0.3, -0.25) is 14.6 Å². The van der Waals surface area contributed by atoms with Crippen molar-refractivity contribution in [3.05, 3.63) is 77.5 Å². The van der Waals surface area contributed by atoms with E-state index in [0.717, 1.165) is 4.90 Å². The molecule has 0 saturated heterocycles. The number of anilines is 1. The minimum Gasteiger partial charge on any atom is -0.313 e. The van der Waals surface area contributed by atoms with Crippen LogP contribution in [0.1, 0.15) is 35.7 Å². The molecule has 31 heavy (non-hydrogen) atoms. The predicted molar refractivity (Wildman–Crippen MR) is 110 cm³/mol. The number of ketones is 1. The number of pyridine rings is 2. The van der Waals surface area contributed by atoms with Crippen LogP contribution in [0.15, 0.2) is 48.8 Å².